The lowest BCUT2D eigenvalue weighted by Gasteiger charge is -2.23. The van der Waals surface area contributed by atoms with Crippen LogP contribution in [0.2, 0.25) is 0 Å². The maximum absolute atomic E-state index is 6.33. The van der Waals surface area contributed by atoms with Crippen molar-refractivity contribution in [3.8, 4) is 46.0 Å². The first-order chi connectivity index (χ1) is 29.3. The minimum Gasteiger partial charge on any atom is -0.497 e. The fourth-order valence-corrected chi connectivity index (χ4v) is 9.46. The van der Waals surface area contributed by atoms with E-state index >= 15 is 0 Å². The zero-order valence-corrected chi connectivity index (χ0v) is 35.3. The van der Waals surface area contributed by atoms with Crippen molar-refractivity contribution < 1.29 is 37.9 Å². The average Bonchev–Trinajstić information content (AvgIpc) is 3.28. The summed E-state index contributed by atoms with van der Waals surface area (Å²) in [6, 6.07) is 34.0. The molecule has 0 aromatic heterocycles. The summed E-state index contributed by atoms with van der Waals surface area (Å²) in [4.78, 5) is 0. The maximum Gasteiger partial charge on any atom is 0.130 e. The van der Waals surface area contributed by atoms with Crippen LogP contribution in [0.25, 0.3) is 43.1 Å². The summed E-state index contributed by atoms with van der Waals surface area (Å²) in [5.74, 6) is 6.37. The SMILES string of the molecule is COc1ccc2c(OC)c3cc(c2c1)Cc1cc(c2cc(OC)ccc2c1OC)Cc1cc(c2cc(OC)ccc2c1OC)Cc1cc(c2cc(OC)ccc2c1OC)C3. The second-order valence-electron chi connectivity index (χ2n) is 15.3. The summed E-state index contributed by atoms with van der Waals surface area (Å²) in [5.41, 5.74) is 8.73. The molecule has 0 saturated heterocycles. The van der Waals surface area contributed by atoms with Gasteiger partial charge in [0.2, 0.25) is 0 Å². The molecule has 1 aliphatic carbocycles. The third-order valence-electron chi connectivity index (χ3n) is 12.2. The normalized spacial score (nSPS) is 12.4. The van der Waals surface area contributed by atoms with Gasteiger partial charge in [0.05, 0.1) is 56.9 Å². The first kappa shape index (κ1) is 38.7. The molecule has 8 aromatic carbocycles. The van der Waals surface area contributed by atoms with Crippen LogP contribution in [0.3, 0.4) is 0 Å². The third kappa shape index (κ3) is 6.47. The number of hydrogen-bond acceptors (Lipinski definition) is 8. The Bertz CT molecular complexity index is 2580. The highest BCUT2D eigenvalue weighted by atomic mass is 16.5. The van der Waals surface area contributed by atoms with Crippen molar-refractivity contribution in [1.82, 2.24) is 0 Å². The Hall–Kier alpha value is -6.80. The standard InChI is InChI=1S/C52H48O8/c1-53-37-9-13-41-45(25-37)29-17-33(49(41)57-5)22-31-19-35(51(59-7)43-15-11-39(55-3)27-47(31)43)24-32-20-36(52(60-8)44-16-12-40(56-4)28-48(32)44)23-30-18-34(21-29)50(58-6)42-14-10-38(54-2)26-46(30)42/h9-20,25-28H,21-24H2,1-8H3. The zero-order valence-electron chi connectivity index (χ0n) is 35.3. The molecule has 9 rings (SSSR count). The van der Waals surface area contributed by atoms with Crippen molar-refractivity contribution >= 4 is 43.1 Å². The molecule has 0 spiro atoms. The largest absolute Gasteiger partial charge is 0.497 e. The third-order valence-corrected chi connectivity index (χ3v) is 12.2. The molecule has 0 atom stereocenters. The molecule has 304 valence electrons. The molecule has 8 nitrogen and oxygen atoms in total. The van der Waals surface area contributed by atoms with Gasteiger partial charge >= 0.3 is 0 Å². The Balaban J connectivity index is 1.43. The lowest BCUT2D eigenvalue weighted by atomic mass is 9.86. The number of rotatable bonds is 8. The Kier molecular flexibility index (Phi) is 10.2. The topological polar surface area (TPSA) is 73.8 Å². The van der Waals surface area contributed by atoms with Gasteiger partial charge < -0.3 is 37.9 Å². The summed E-state index contributed by atoms with van der Waals surface area (Å²) in [6.07, 6.45) is 2.34. The monoisotopic (exact) mass is 800 g/mol. The molecule has 8 heteroatoms. The molecule has 1 aliphatic rings. The van der Waals surface area contributed by atoms with E-state index in [-0.39, 0.29) is 0 Å². The number of hydrogen-bond donors (Lipinski definition) is 0. The second kappa shape index (κ2) is 15.8. The summed E-state index contributed by atoms with van der Waals surface area (Å²) in [7, 11) is 13.8. The molecule has 0 aliphatic heterocycles. The van der Waals surface area contributed by atoms with E-state index < -0.39 is 0 Å². The van der Waals surface area contributed by atoms with Gasteiger partial charge in [-0.2, -0.15) is 0 Å². The first-order valence-electron chi connectivity index (χ1n) is 20.0. The number of methoxy groups -OCH3 is 8. The van der Waals surface area contributed by atoms with Crippen LogP contribution in [0, 0.1) is 0 Å². The van der Waals surface area contributed by atoms with Gasteiger partial charge in [-0.1, -0.05) is 24.3 Å². The van der Waals surface area contributed by atoms with Gasteiger partial charge in [-0.3, -0.25) is 0 Å². The van der Waals surface area contributed by atoms with E-state index in [1.165, 1.54) is 0 Å². The highest BCUT2D eigenvalue weighted by Gasteiger charge is 2.24. The van der Waals surface area contributed by atoms with Gasteiger partial charge in [0.25, 0.3) is 0 Å². The van der Waals surface area contributed by atoms with Gasteiger partial charge in [0.1, 0.15) is 46.0 Å². The van der Waals surface area contributed by atoms with Crippen molar-refractivity contribution in [3.63, 3.8) is 0 Å². The van der Waals surface area contributed by atoms with Gasteiger partial charge in [0, 0.05) is 47.2 Å². The van der Waals surface area contributed by atoms with Crippen LogP contribution in [-0.4, -0.2) is 56.9 Å². The van der Waals surface area contributed by atoms with E-state index in [1.807, 2.05) is 24.3 Å². The summed E-state index contributed by atoms with van der Waals surface area (Å²) in [6.45, 7) is 0. The number of ether oxygens (including phenoxy) is 8. The molecule has 0 radical (unpaired) electrons. The molecular formula is C52H48O8. The van der Waals surface area contributed by atoms with E-state index in [1.54, 1.807) is 56.9 Å². The van der Waals surface area contributed by atoms with Crippen molar-refractivity contribution in [1.29, 1.82) is 0 Å². The molecule has 0 N–H and O–H groups in total. The second-order valence-corrected chi connectivity index (χ2v) is 15.3. The molecule has 0 fully saturated rings. The Morgan fingerprint density at radius 2 is 0.450 bits per heavy atom. The predicted octanol–water partition coefficient (Wildman–Crippen LogP) is 11.0. The molecule has 0 unspecified atom stereocenters. The van der Waals surface area contributed by atoms with Gasteiger partial charge in [-0.25, -0.2) is 0 Å². The molecule has 8 aromatic rings. The van der Waals surface area contributed by atoms with Crippen LogP contribution in [0.5, 0.6) is 46.0 Å². The summed E-state index contributed by atoms with van der Waals surface area (Å²) >= 11 is 0. The number of benzene rings is 8. The van der Waals surface area contributed by atoms with E-state index in [2.05, 4.69) is 72.8 Å². The maximum atomic E-state index is 6.33. The first-order valence-corrected chi connectivity index (χ1v) is 20.0. The minimum atomic E-state index is 0.584. The van der Waals surface area contributed by atoms with E-state index in [0.29, 0.717) is 25.7 Å². The smallest absolute Gasteiger partial charge is 0.130 e. The fraction of sp³-hybridized carbons (Fsp3) is 0.231. The molecule has 0 amide bonds. The number of fused-ring (bicyclic) bond motifs is 16. The predicted molar refractivity (Wildman–Crippen MR) is 239 cm³/mol. The molecule has 0 saturated carbocycles. The quantitative estimate of drug-likeness (QED) is 0.150. The van der Waals surface area contributed by atoms with Gasteiger partial charge in [-0.15, -0.1) is 0 Å². The lowest BCUT2D eigenvalue weighted by molar-refractivity contribution is 0.412. The van der Waals surface area contributed by atoms with Crippen LogP contribution in [-0.2, 0) is 25.7 Å². The Labute approximate surface area is 350 Å². The molecule has 0 heterocycles. The van der Waals surface area contributed by atoms with E-state index in [9.17, 15) is 0 Å². The van der Waals surface area contributed by atoms with Crippen LogP contribution in [0.4, 0.5) is 0 Å². The van der Waals surface area contributed by atoms with Crippen molar-refractivity contribution in [2.45, 2.75) is 25.7 Å². The van der Waals surface area contributed by atoms with Crippen LogP contribution >= 0.6 is 0 Å². The van der Waals surface area contributed by atoms with Crippen molar-refractivity contribution in [3.05, 3.63) is 142 Å². The highest BCUT2D eigenvalue weighted by Crippen LogP contribution is 2.45. The highest BCUT2D eigenvalue weighted by molar-refractivity contribution is 5.99. The minimum absolute atomic E-state index is 0.584. The van der Waals surface area contributed by atoms with E-state index in [0.717, 1.165) is 134 Å². The van der Waals surface area contributed by atoms with Gasteiger partial charge in [-0.05, 0) is 139 Å². The van der Waals surface area contributed by atoms with E-state index in [4.69, 9.17) is 37.9 Å². The molecule has 8 bridgehead atoms. The Morgan fingerprint density at radius 1 is 0.233 bits per heavy atom. The zero-order chi connectivity index (χ0) is 41.7. The van der Waals surface area contributed by atoms with Crippen LogP contribution in [0.1, 0.15) is 44.5 Å². The fourth-order valence-electron chi connectivity index (χ4n) is 9.46. The summed E-state index contributed by atoms with van der Waals surface area (Å²) < 4.78 is 48.5. The van der Waals surface area contributed by atoms with Crippen molar-refractivity contribution in [2.24, 2.45) is 0 Å². The van der Waals surface area contributed by atoms with Gasteiger partial charge in [0.15, 0.2) is 0 Å². The lowest BCUT2D eigenvalue weighted by Crippen LogP contribution is -2.06. The van der Waals surface area contributed by atoms with Crippen molar-refractivity contribution in [2.75, 3.05) is 56.9 Å². The summed E-state index contributed by atoms with van der Waals surface area (Å²) in [5, 5.41) is 8.22. The van der Waals surface area contributed by atoms with Crippen LogP contribution < -0.4 is 37.9 Å². The average molecular weight is 801 g/mol. The molecular weight excluding hydrogens is 753 g/mol. The van der Waals surface area contributed by atoms with Crippen LogP contribution in [0.15, 0.2) is 97.1 Å². The molecule has 60 heavy (non-hydrogen) atoms. The Morgan fingerprint density at radius 3 is 0.633 bits per heavy atom.